The first-order chi connectivity index (χ1) is 15.7. The highest BCUT2D eigenvalue weighted by Crippen LogP contribution is 2.31. The van der Waals surface area contributed by atoms with Gasteiger partial charge in [-0.1, -0.05) is 48.5 Å². The lowest BCUT2D eigenvalue weighted by Gasteiger charge is -2.07. The van der Waals surface area contributed by atoms with Crippen LogP contribution in [0.5, 0.6) is 5.75 Å². The number of nitrogens with zero attached hydrogens (tertiary/aromatic N) is 3. The summed E-state index contributed by atoms with van der Waals surface area (Å²) in [4.78, 5) is 16.3. The average molecular weight is 423 g/mol. The summed E-state index contributed by atoms with van der Waals surface area (Å²) in [6.07, 6.45) is 1.75. The number of carbonyl (C=O) groups excluding carboxylic acids is 1. The van der Waals surface area contributed by atoms with E-state index in [4.69, 9.17) is 14.1 Å². The molecule has 2 aromatic heterocycles. The molecule has 0 saturated heterocycles. The molecular formula is C26H21N3O3. The van der Waals surface area contributed by atoms with Crippen molar-refractivity contribution in [2.24, 2.45) is 0 Å². The molecule has 0 aliphatic heterocycles. The third-order valence-electron chi connectivity index (χ3n) is 5.12. The Morgan fingerprint density at radius 2 is 1.69 bits per heavy atom. The molecule has 0 saturated carbocycles. The minimum atomic E-state index is 0.0462. The van der Waals surface area contributed by atoms with E-state index >= 15 is 0 Å². The Balaban J connectivity index is 1.46. The summed E-state index contributed by atoms with van der Waals surface area (Å²) >= 11 is 0. The van der Waals surface area contributed by atoms with Crippen LogP contribution in [0.3, 0.4) is 0 Å². The quantitative estimate of drug-likeness (QED) is 0.344. The van der Waals surface area contributed by atoms with Gasteiger partial charge >= 0.3 is 0 Å². The normalized spacial score (nSPS) is 11.0. The molecule has 0 atom stereocenters. The first kappa shape index (κ1) is 19.8. The number of ketones is 1. The van der Waals surface area contributed by atoms with Gasteiger partial charge in [0.2, 0.25) is 5.89 Å². The first-order valence-corrected chi connectivity index (χ1v) is 10.4. The van der Waals surface area contributed by atoms with Crippen LogP contribution in [0.15, 0.2) is 89.5 Å². The average Bonchev–Trinajstić information content (AvgIpc) is 3.43. The molecule has 0 unspecified atom stereocenters. The molecule has 0 spiro atoms. The number of Topliss-reactive ketones (excluding diaryl/α,β-unsaturated/α-hetero) is 1. The van der Waals surface area contributed by atoms with E-state index in [9.17, 15) is 4.79 Å². The van der Waals surface area contributed by atoms with Gasteiger partial charge in [-0.2, -0.15) is 5.10 Å². The molecule has 5 rings (SSSR count). The van der Waals surface area contributed by atoms with E-state index < -0.39 is 0 Å². The van der Waals surface area contributed by atoms with E-state index in [1.165, 1.54) is 0 Å². The van der Waals surface area contributed by atoms with Crippen molar-refractivity contribution in [3.63, 3.8) is 0 Å². The predicted molar refractivity (Wildman–Crippen MR) is 122 cm³/mol. The number of carbonyl (C=O) groups is 1. The van der Waals surface area contributed by atoms with Crippen LogP contribution in [0.1, 0.15) is 12.6 Å². The summed E-state index contributed by atoms with van der Waals surface area (Å²) < 4.78 is 13.9. The molecule has 6 heteroatoms. The van der Waals surface area contributed by atoms with Crippen LogP contribution in [-0.2, 0) is 17.9 Å². The Labute approximate surface area is 185 Å². The molecule has 158 valence electrons. The Morgan fingerprint density at radius 1 is 0.969 bits per heavy atom. The van der Waals surface area contributed by atoms with Crippen LogP contribution < -0.4 is 4.74 Å². The molecule has 2 heterocycles. The topological polar surface area (TPSA) is 70.2 Å². The Hall–Kier alpha value is -4.19. The zero-order valence-corrected chi connectivity index (χ0v) is 17.6. The van der Waals surface area contributed by atoms with Gasteiger partial charge in [0.1, 0.15) is 18.1 Å². The molecule has 0 fully saturated rings. The summed E-state index contributed by atoms with van der Waals surface area (Å²) in [6, 6.07) is 25.4. The molecule has 32 heavy (non-hydrogen) atoms. The van der Waals surface area contributed by atoms with Crippen molar-refractivity contribution < 1.29 is 13.9 Å². The maximum atomic E-state index is 11.5. The number of fused-ring (bicyclic) bond motifs is 1. The minimum Gasteiger partial charge on any atom is -0.487 e. The summed E-state index contributed by atoms with van der Waals surface area (Å²) in [7, 11) is 0. The van der Waals surface area contributed by atoms with Crippen molar-refractivity contribution in [3.05, 3.63) is 90.8 Å². The number of aromatic nitrogens is 3. The number of ether oxygens (including phenoxy) is 1. The van der Waals surface area contributed by atoms with Crippen molar-refractivity contribution in [2.75, 3.05) is 0 Å². The second-order valence-corrected chi connectivity index (χ2v) is 7.54. The van der Waals surface area contributed by atoms with Crippen molar-refractivity contribution in [3.8, 4) is 28.5 Å². The van der Waals surface area contributed by atoms with Gasteiger partial charge in [0.05, 0.1) is 18.3 Å². The molecule has 0 bridgehead atoms. The van der Waals surface area contributed by atoms with Gasteiger partial charge in [-0.3, -0.25) is 9.48 Å². The molecular weight excluding hydrogens is 402 g/mol. The van der Waals surface area contributed by atoms with E-state index in [0.29, 0.717) is 23.1 Å². The van der Waals surface area contributed by atoms with Crippen molar-refractivity contribution in [1.29, 1.82) is 0 Å². The molecule has 0 aliphatic rings. The van der Waals surface area contributed by atoms with E-state index in [-0.39, 0.29) is 18.9 Å². The molecule has 0 amide bonds. The number of oxazole rings is 1. The SMILES string of the molecule is CC(=O)Cn1ncc2ccc(OCc3nc(-c4ccccc4)oc3-c3ccccc3)cc21. The zero-order valence-electron chi connectivity index (χ0n) is 17.6. The van der Waals surface area contributed by atoms with Crippen LogP contribution in [0.4, 0.5) is 0 Å². The highest BCUT2D eigenvalue weighted by Gasteiger charge is 2.17. The van der Waals surface area contributed by atoms with E-state index in [0.717, 1.165) is 22.0 Å². The smallest absolute Gasteiger partial charge is 0.227 e. The molecule has 0 aliphatic carbocycles. The fourth-order valence-corrected chi connectivity index (χ4v) is 3.60. The highest BCUT2D eigenvalue weighted by molar-refractivity contribution is 5.83. The highest BCUT2D eigenvalue weighted by atomic mass is 16.5. The molecule has 0 radical (unpaired) electrons. The standard InChI is InChI=1S/C26H21N3O3/c1-18(30)16-29-24-14-22(13-12-21(24)15-27-29)31-17-23-25(19-8-4-2-5-9-19)32-26(28-23)20-10-6-3-7-11-20/h2-15H,16-17H2,1H3. The Kier molecular flexibility index (Phi) is 5.25. The summed E-state index contributed by atoms with van der Waals surface area (Å²) in [6.45, 7) is 2.02. The van der Waals surface area contributed by atoms with Gasteiger partial charge in [0, 0.05) is 22.6 Å². The van der Waals surface area contributed by atoms with Crippen molar-refractivity contribution in [1.82, 2.24) is 14.8 Å². The van der Waals surface area contributed by atoms with Gasteiger partial charge in [-0.25, -0.2) is 4.98 Å². The van der Waals surface area contributed by atoms with Gasteiger partial charge in [0.15, 0.2) is 11.5 Å². The zero-order chi connectivity index (χ0) is 21.9. The predicted octanol–water partition coefficient (Wildman–Crippen LogP) is 5.53. The van der Waals surface area contributed by atoms with Crippen LogP contribution in [0.25, 0.3) is 33.7 Å². The van der Waals surface area contributed by atoms with E-state index in [2.05, 4.69) is 5.10 Å². The lowest BCUT2D eigenvalue weighted by atomic mass is 10.1. The minimum absolute atomic E-state index is 0.0462. The third-order valence-corrected chi connectivity index (χ3v) is 5.12. The number of hydrogen-bond donors (Lipinski definition) is 0. The second kappa shape index (κ2) is 8.51. The van der Waals surface area contributed by atoms with Crippen LogP contribution in [0, 0.1) is 0 Å². The second-order valence-electron chi connectivity index (χ2n) is 7.54. The lowest BCUT2D eigenvalue weighted by Crippen LogP contribution is -2.07. The van der Waals surface area contributed by atoms with Crippen LogP contribution in [0.2, 0.25) is 0 Å². The summed E-state index contributed by atoms with van der Waals surface area (Å²) in [5.74, 6) is 1.96. The first-order valence-electron chi connectivity index (χ1n) is 10.4. The molecule has 0 N–H and O–H groups in total. The van der Waals surface area contributed by atoms with Gasteiger partial charge < -0.3 is 9.15 Å². The fraction of sp³-hybridized carbons (Fsp3) is 0.115. The Bertz CT molecular complexity index is 1370. The largest absolute Gasteiger partial charge is 0.487 e. The van der Waals surface area contributed by atoms with Gasteiger partial charge in [-0.05, 0) is 31.2 Å². The van der Waals surface area contributed by atoms with Crippen molar-refractivity contribution >= 4 is 16.7 Å². The monoisotopic (exact) mass is 423 g/mol. The van der Waals surface area contributed by atoms with Crippen LogP contribution in [-0.4, -0.2) is 20.5 Å². The third kappa shape index (κ3) is 4.03. The number of benzene rings is 3. The maximum Gasteiger partial charge on any atom is 0.227 e. The fourth-order valence-electron chi connectivity index (χ4n) is 3.60. The maximum absolute atomic E-state index is 11.5. The molecule has 3 aromatic carbocycles. The molecule has 5 aromatic rings. The van der Waals surface area contributed by atoms with E-state index in [1.807, 2.05) is 78.9 Å². The Morgan fingerprint density at radius 3 is 2.41 bits per heavy atom. The van der Waals surface area contributed by atoms with Gasteiger partial charge in [0.25, 0.3) is 0 Å². The summed E-state index contributed by atoms with van der Waals surface area (Å²) in [5.41, 5.74) is 3.42. The van der Waals surface area contributed by atoms with Gasteiger partial charge in [-0.15, -0.1) is 0 Å². The number of rotatable bonds is 7. The lowest BCUT2D eigenvalue weighted by molar-refractivity contribution is -0.117. The van der Waals surface area contributed by atoms with Crippen LogP contribution >= 0.6 is 0 Å². The van der Waals surface area contributed by atoms with Crippen molar-refractivity contribution in [2.45, 2.75) is 20.1 Å². The summed E-state index contributed by atoms with van der Waals surface area (Å²) in [5, 5.41) is 5.25. The van der Waals surface area contributed by atoms with E-state index in [1.54, 1.807) is 17.8 Å². The number of hydrogen-bond acceptors (Lipinski definition) is 5. The molecule has 6 nitrogen and oxygen atoms in total.